The summed E-state index contributed by atoms with van der Waals surface area (Å²) in [7, 11) is 0. The highest BCUT2D eigenvalue weighted by molar-refractivity contribution is 7.99. The maximum atomic E-state index is 11.1. The summed E-state index contributed by atoms with van der Waals surface area (Å²) in [6.45, 7) is 0. The third kappa shape index (κ3) is 1.21. The van der Waals surface area contributed by atoms with Gasteiger partial charge in [0.15, 0.2) is 5.54 Å². The normalized spacial score (nSPS) is 27.7. The highest BCUT2D eigenvalue weighted by Crippen LogP contribution is 2.33. The monoisotopic (exact) mass is 199 g/mol. The molecule has 2 heterocycles. The van der Waals surface area contributed by atoms with Crippen molar-refractivity contribution in [2.75, 3.05) is 11.5 Å². The maximum Gasteiger partial charge on any atom is 0.332 e. The summed E-state index contributed by atoms with van der Waals surface area (Å²) in [6.07, 6.45) is 3.46. The molecule has 1 fully saturated rings. The van der Waals surface area contributed by atoms with E-state index in [0.717, 1.165) is 5.75 Å². The van der Waals surface area contributed by atoms with Gasteiger partial charge < -0.3 is 5.11 Å². The quantitative estimate of drug-likeness (QED) is 0.736. The number of hydrogen-bond donors (Lipinski definition) is 1. The van der Waals surface area contributed by atoms with Crippen molar-refractivity contribution in [2.24, 2.45) is 0 Å². The van der Waals surface area contributed by atoms with E-state index < -0.39 is 11.5 Å². The standard InChI is InChI=1S/C7H9N3O2S/c11-6(12)7(1-2-13-3-7)10-5-8-4-9-10/h4-5H,1-3H2,(H,11,12). The lowest BCUT2D eigenvalue weighted by molar-refractivity contribution is -0.146. The van der Waals surface area contributed by atoms with E-state index in [2.05, 4.69) is 10.1 Å². The number of carbonyl (C=O) groups is 1. The lowest BCUT2D eigenvalue weighted by Crippen LogP contribution is -2.42. The molecule has 0 aliphatic carbocycles. The third-order valence-corrected chi connectivity index (χ3v) is 3.43. The van der Waals surface area contributed by atoms with Crippen molar-refractivity contribution in [3.05, 3.63) is 12.7 Å². The maximum absolute atomic E-state index is 11.1. The molecule has 0 spiro atoms. The predicted octanol–water partition coefficient (Wildman–Crippen LogP) is 0.195. The molecule has 1 saturated heterocycles. The second kappa shape index (κ2) is 3.02. The second-order valence-electron chi connectivity index (χ2n) is 2.98. The first-order valence-corrected chi connectivity index (χ1v) is 5.07. The van der Waals surface area contributed by atoms with Crippen molar-refractivity contribution in [3.8, 4) is 0 Å². The van der Waals surface area contributed by atoms with Crippen LogP contribution in [0.2, 0.25) is 0 Å². The molecule has 1 aliphatic rings. The minimum Gasteiger partial charge on any atom is -0.479 e. The van der Waals surface area contributed by atoms with Crippen LogP contribution in [0, 0.1) is 0 Å². The van der Waals surface area contributed by atoms with Gasteiger partial charge in [0.05, 0.1) is 0 Å². The van der Waals surface area contributed by atoms with Gasteiger partial charge in [-0.1, -0.05) is 0 Å². The van der Waals surface area contributed by atoms with Crippen LogP contribution in [0.5, 0.6) is 0 Å². The minimum atomic E-state index is -0.860. The molecule has 1 atom stereocenters. The van der Waals surface area contributed by atoms with Crippen LogP contribution in [0.15, 0.2) is 12.7 Å². The van der Waals surface area contributed by atoms with Crippen LogP contribution in [0.25, 0.3) is 0 Å². The van der Waals surface area contributed by atoms with Gasteiger partial charge >= 0.3 is 5.97 Å². The fraction of sp³-hybridized carbons (Fsp3) is 0.571. The van der Waals surface area contributed by atoms with Crippen LogP contribution in [0.3, 0.4) is 0 Å². The van der Waals surface area contributed by atoms with Crippen LogP contribution in [-0.2, 0) is 10.3 Å². The molecule has 0 aromatic carbocycles. The molecule has 1 N–H and O–H groups in total. The van der Waals surface area contributed by atoms with Crippen LogP contribution < -0.4 is 0 Å². The highest BCUT2D eigenvalue weighted by atomic mass is 32.2. The number of aromatic nitrogens is 3. The van der Waals surface area contributed by atoms with Gasteiger partial charge in [0.25, 0.3) is 0 Å². The predicted molar refractivity (Wildman–Crippen MR) is 47.6 cm³/mol. The molecule has 2 rings (SSSR count). The largest absolute Gasteiger partial charge is 0.479 e. The molecule has 5 nitrogen and oxygen atoms in total. The van der Waals surface area contributed by atoms with E-state index in [9.17, 15) is 4.79 Å². The number of carboxylic acid groups (broad SMARTS) is 1. The molecule has 1 unspecified atom stereocenters. The number of thioether (sulfide) groups is 1. The van der Waals surface area contributed by atoms with E-state index in [1.54, 1.807) is 11.8 Å². The van der Waals surface area contributed by atoms with Gasteiger partial charge in [-0.3, -0.25) is 0 Å². The third-order valence-electron chi connectivity index (χ3n) is 2.26. The van der Waals surface area contributed by atoms with Gasteiger partial charge in [0, 0.05) is 5.75 Å². The summed E-state index contributed by atoms with van der Waals surface area (Å²) in [5.41, 5.74) is -0.860. The van der Waals surface area contributed by atoms with E-state index in [1.165, 1.54) is 17.3 Å². The summed E-state index contributed by atoms with van der Waals surface area (Å²) in [4.78, 5) is 14.9. The summed E-state index contributed by atoms with van der Waals surface area (Å²) in [5.74, 6) is 0.626. The first-order chi connectivity index (χ1) is 6.26. The van der Waals surface area contributed by atoms with Gasteiger partial charge in [-0.15, -0.1) is 0 Å². The number of hydrogen-bond acceptors (Lipinski definition) is 4. The molecule has 1 aliphatic heterocycles. The Kier molecular flexibility index (Phi) is 1.99. The first kappa shape index (κ1) is 8.55. The SMILES string of the molecule is O=C(O)C1(n2cncn2)CCSC1. The van der Waals surface area contributed by atoms with Crippen molar-refractivity contribution in [2.45, 2.75) is 12.0 Å². The molecule has 0 amide bonds. The molecule has 0 bridgehead atoms. The van der Waals surface area contributed by atoms with Crippen LogP contribution in [-0.4, -0.2) is 37.3 Å². The van der Waals surface area contributed by atoms with E-state index in [-0.39, 0.29) is 0 Å². The molecule has 1 aromatic heterocycles. The number of nitrogens with zero attached hydrogens (tertiary/aromatic N) is 3. The van der Waals surface area contributed by atoms with Crippen molar-refractivity contribution < 1.29 is 9.90 Å². The second-order valence-corrected chi connectivity index (χ2v) is 4.08. The molecule has 13 heavy (non-hydrogen) atoms. The van der Waals surface area contributed by atoms with Crippen LogP contribution in [0.1, 0.15) is 6.42 Å². The molecular formula is C7H9N3O2S. The summed E-state index contributed by atoms with van der Waals surface area (Å²) < 4.78 is 1.45. The lowest BCUT2D eigenvalue weighted by atomic mass is 10.00. The Balaban J connectivity index is 2.39. The summed E-state index contributed by atoms with van der Waals surface area (Å²) in [6, 6.07) is 0. The Morgan fingerprint density at radius 3 is 3.00 bits per heavy atom. The van der Waals surface area contributed by atoms with Crippen molar-refractivity contribution in [1.82, 2.24) is 14.8 Å². The molecule has 70 valence electrons. The average molecular weight is 199 g/mol. The van der Waals surface area contributed by atoms with Gasteiger partial charge in [0.2, 0.25) is 0 Å². The smallest absolute Gasteiger partial charge is 0.332 e. The van der Waals surface area contributed by atoms with Crippen LogP contribution >= 0.6 is 11.8 Å². The number of carboxylic acids is 1. The van der Waals surface area contributed by atoms with Gasteiger partial charge in [-0.05, 0) is 12.2 Å². The van der Waals surface area contributed by atoms with E-state index >= 15 is 0 Å². The van der Waals surface area contributed by atoms with Crippen molar-refractivity contribution in [3.63, 3.8) is 0 Å². The van der Waals surface area contributed by atoms with E-state index in [0.29, 0.717) is 12.2 Å². The zero-order valence-corrected chi connectivity index (χ0v) is 7.70. The van der Waals surface area contributed by atoms with Gasteiger partial charge in [-0.25, -0.2) is 14.5 Å². The fourth-order valence-corrected chi connectivity index (χ4v) is 2.79. The Bertz CT molecular complexity index is 306. The molecule has 6 heteroatoms. The molecule has 0 saturated carbocycles. The van der Waals surface area contributed by atoms with Gasteiger partial charge in [-0.2, -0.15) is 16.9 Å². The topological polar surface area (TPSA) is 68.0 Å². The Hall–Kier alpha value is -1.04. The van der Waals surface area contributed by atoms with Crippen LogP contribution in [0.4, 0.5) is 0 Å². The first-order valence-electron chi connectivity index (χ1n) is 3.92. The number of aliphatic carboxylic acids is 1. The zero-order chi connectivity index (χ0) is 9.31. The van der Waals surface area contributed by atoms with Crippen molar-refractivity contribution in [1.29, 1.82) is 0 Å². The lowest BCUT2D eigenvalue weighted by Gasteiger charge is -2.22. The Morgan fingerprint density at radius 2 is 2.54 bits per heavy atom. The number of rotatable bonds is 2. The molecular weight excluding hydrogens is 190 g/mol. The highest BCUT2D eigenvalue weighted by Gasteiger charge is 2.44. The average Bonchev–Trinajstić information content (AvgIpc) is 2.75. The molecule has 1 aromatic rings. The van der Waals surface area contributed by atoms with E-state index in [4.69, 9.17) is 5.11 Å². The summed E-state index contributed by atoms with van der Waals surface area (Å²) >= 11 is 1.64. The van der Waals surface area contributed by atoms with Crippen molar-refractivity contribution >= 4 is 17.7 Å². The Labute approximate surface area is 79.2 Å². The fourth-order valence-electron chi connectivity index (χ4n) is 1.43. The molecule has 0 radical (unpaired) electrons. The zero-order valence-electron chi connectivity index (χ0n) is 6.88. The minimum absolute atomic E-state index is 0.575. The summed E-state index contributed by atoms with van der Waals surface area (Å²) in [5, 5.41) is 13.0. The van der Waals surface area contributed by atoms with E-state index in [1.807, 2.05) is 0 Å². The Morgan fingerprint density at radius 1 is 1.69 bits per heavy atom. The van der Waals surface area contributed by atoms with Gasteiger partial charge in [0.1, 0.15) is 12.7 Å².